The fraction of sp³-hybridized carbons (Fsp3) is 0.643. The Balaban J connectivity index is 0.000000433. The molecule has 6 nitrogen and oxygen atoms in total. The molecule has 3 rings (SSSR count). The maximum Gasteiger partial charge on any atom is 0.379 e. The number of ether oxygens (including phenoxy) is 1. The maximum absolute atomic E-state index is 12.0. The summed E-state index contributed by atoms with van der Waals surface area (Å²) in [6.07, 6.45) is 9.34. The van der Waals surface area contributed by atoms with Gasteiger partial charge in [-0.2, -0.15) is 13.2 Å². The number of hydrogen-bond acceptors (Lipinski definition) is 4. The van der Waals surface area contributed by atoms with Crippen LogP contribution in [0.5, 0.6) is 6.01 Å². The summed E-state index contributed by atoms with van der Waals surface area (Å²) < 4.78 is 37.7. The van der Waals surface area contributed by atoms with Gasteiger partial charge in [0.05, 0.1) is 12.8 Å². The van der Waals surface area contributed by atoms with Crippen molar-refractivity contribution in [3.8, 4) is 6.01 Å². The molecule has 1 saturated carbocycles. The van der Waals surface area contributed by atoms with Crippen LogP contribution in [0.25, 0.3) is 5.52 Å². The molecule has 0 bridgehead atoms. The average molecular weight is 332 g/mol. The number of halogens is 3. The normalized spacial score (nSPS) is 15.5. The van der Waals surface area contributed by atoms with Crippen LogP contribution in [0.2, 0.25) is 0 Å². The molecule has 0 amide bonds. The van der Waals surface area contributed by atoms with Crippen LogP contribution in [-0.4, -0.2) is 32.5 Å². The monoisotopic (exact) mass is 332 g/mol. The zero-order chi connectivity index (χ0) is 16.8. The van der Waals surface area contributed by atoms with Crippen molar-refractivity contribution in [1.29, 1.82) is 0 Å². The van der Waals surface area contributed by atoms with Crippen molar-refractivity contribution in [2.45, 2.75) is 38.8 Å². The van der Waals surface area contributed by atoms with Gasteiger partial charge in [-0.05, 0) is 18.8 Å². The first-order valence-electron chi connectivity index (χ1n) is 7.43. The molecule has 23 heavy (non-hydrogen) atoms. The van der Waals surface area contributed by atoms with Crippen molar-refractivity contribution in [3.05, 3.63) is 22.9 Å². The summed E-state index contributed by atoms with van der Waals surface area (Å²) in [4.78, 5) is 16.0. The molecule has 0 radical (unpaired) electrons. The molecule has 2 heterocycles. The Labute approximate surface area is 130 Å². The highest BCUT2D eigenvalue weighted by Gasteiger charge is 2.16. The van der Waals surface area contributed by atoms with Gasteiger partial charge in [0, 0.05) is 7.05 Å². The van der Waals surface area contributed by atoms with Crippen LogP contribution in [0.3, 0.4) is 0 Å². The number of nitrogens with zero attached hydrogens (tertiary/aromatic N) is 4. The highest BCUT2D eigenvalue weighted by Crippen LogP contribution is 2.23. The van der Waals surface area contributed by atoms with E-state index in [1.54, 1.807) is 7.05 Å². The van der Waals surface area contributed by atoms with E-state index in [2.05, 4.69) is 10.1 Å². The van der Waals surface area contributed by atoms with Crippen LogP contribution in [0.4, 0.5) is 13.2 Å². The third-order valence-electron chi connectivity index (χ3n) is 3.80. The number of aromatic nitrogens is 4. The average Bonchev–Trinajstić information content (AvgIpc) is 2.98. The van der Waals surface area contributed by atoms with Gasteiger partial charge in [0.15, 0.2) is 5.52 Å². The number of imidazole rings is 1. The lowest BCUT2D eigenvalue weighted by molar-refractivity contribution is 0.00819. The fourth-order valence-electron chi connectivity index (χ4n) is 2.61. The van der Waals surface area contributed by atoms with Gasteiger partial charge >= 0.3 is 12.7 Å². The number of hydrogen-bond donors (Lipinski definition) is 0. The predicted octanol–water partition coefficient (Wildman–Crippen LogP) is 2.57. The van der Waals surface area contributed by atoms with Gasteiger partial charge < -0.3 is 4.74 Å². The molecule has 1 fully saturated rings. The van der Waals surface area contributed by atoms with Gasteiger partial charge in [0.2, 0.25) is 0 Å². The van der Waals surface area contributed by atoms with E-state index in [-0.39, 0.29) is 5.56 Å². The minimum atomic E-state index is -3.67. The zero-order valence-corrected chi connectivity index (χ0v) is 12.8. The van der Waals surface area contributed by atoms with Crippen LogP contribution >= 0.6 is 0 Å². The Morgan fingerprint density at radius 3 is 2.61 bits per heavy atom. The fourth-order valence-corrected chi connectivity index (χ4v) is 2.61. The molecule has 1 aliphatic carbocycles. The second-order valence-electron chi connectivity index (χ2n) is 5.43. The Morgan fingerprint density at radius 1 is 1.30 bits per heavy atom. The van der Waals surface area contributed by atoms with E-state index in [0.717, 1.165) is 0 Å². The van der Waals surface area contributed by atoms with Crippen molar-refractivity contribution >= 4 is 5.52 Å². The van der Waals surface area contributed by atoms with E-state index < -0.39 is 6.68 Å². The van der Waals surface area contributed by atoms with Crippen molar-refractivity contribution in [3.63, 3.8) is 0 Å². The quantitative estimate of drug-likeness (QED) is 0.867. The van der Waals surface area contributed by atoms with E-state index >= 15 is 0 Å². The highest BCUT2D eigenvalue weighted by molar-refractivity contribution is 5.40. The molecule has 0 atom stereocenters. The summed E-state index contributed by atoms with van der Waals surface area (Å²) in [5.41, 5.74) is 0.332. The van der Waals surface area contributed by atoms with Gasteiger partial charge in [-0.1, -0.05) is 19.3 Å². The number of rotatable bonds is 3. The zero-order valence-electron chi connectivity index (χ0n) is 12.8. The lowest BCUT2D eigenvalue weighted by Gasteiger charge is -2.21. The second kappa shape index (κ2) is 7.98. The second-order valence-corrected chi connectivity index (χ2v) is 5.43. The molecular weight excluding hydrogens is 313 g/mol. The predicted molar refractivity (Wildman–Crippen MR) is 77.4 cm³/mol. The smallest absolute Gasteiger partial charge is 0.379 e. The first-order valence-corrected chi connectivity index (χ1v) is 7.43. The third-order valence-corrected chi connectivity index (χ3v) is 3.80. The summed E-state index contributed by atoms with van der Waals surface area (Å²) in [7, 11) is 1.68. The van der Waals surface area contributed by atoms with Crippen LogP contribution in [0.1, 0.15) is 32.1 Å². The van der Waals surface area contributed by atoms with Gasteiger partial charge in [-0.15, -0.1) is 5.10 Å². The van der Waals surface area contributed by atoms with Crippen LogP contribution in [0, 0.1) is 5.92 Å². The molecule has 2 aromatic rings. The van der Waals surface area contributed by atoms with E-state index in [4.69, 9.17) is 4.74 Å². The van der Waals surface area contributed by atoms with Crippen LogP contribution < -0.4 is 10.3 Å². The molecule has 0 unspecified atom stereocenters. The SMILES string of the molecule is Cn1c(OCC2CCCCC2)nn2cncc2c1=O.FC(F)F. The molecule has 0 spiro atoms. The number of fused-ring (bicyclic) bond motifs is 1. The topological polar surface area (TPSA) is 61.4 Å². The molecule has 1 aliphatic rings. The van der Waals surface area contributed by atoms with Crippen LogP contribution in [0.15, 0.2) is 17.3 Å². The summed E-state index contributed by atoms with van der Waals surface area (Å²) in [6.45, 7) is -3.03. The van der Waals surface area contributed by atoms with E-state index in [1.165, 1.54) is 53.7 Å². The summed E-state index contributed by atoms with van der Waals surface area (Å²) >= 11 is 0. The first kappa shape index (κ1) is 17.3. The minimum absolute atomic E-state index is 0.133. The summed E-state index contributed by atoms with van der Waals surface area (Å²) in [5, 5.41) is 4.27. The van der Waals surface area contributed by atoms with Gasteiger partial charge in [-0.3, -0.25) is 9.36 Å². The molecule has 128 valence electrons. The maximum atomic E-state index is 12.0. The first-order chi connectivity index (χ1) is 11.0. The lowest BCUT2D eigenvalue weighted by atomic mass is 9.90. The van der Waals surface area contributed by atoms with Crippen molar-refractivity contribution in [2.24, 2.45) is 13.0 Å². The van der Waals surface area contributed by atoms with Gasteiger partial charge in [0.25, 0.3) is 5.56 Å². The lowest BCUT2D eigenvalue weighted by Crippen LogP contribution is -2.25. The molecular formula is C14H19F3N4O2. The van der Waals surface area contributed by atoms with Crippen molar-refractivity contribution < 1.29 is 17.9 Å². The Bertz CT molecular complexity index is 677. The van der Waals surface area contributed by atoms with E-state index in [9.17, 15) is 18.0 Å². The third kappa shape index (κ3) is 4.70. The molecule has 9 heteroatoms. The Kier molecular flexibility index (Phi) is 6.00. The standard InChI is InChI=1S/C13H18N4O2.CHF3/c1-16-12(18)11-7-14-9-17(11)15-13(16)19-8-10-5-3-2-4-6-10;2-1(3)4/h7,9-10H,2-6,8H2,1H3;1H. The summed E-state index contributed by atoms with van der Waals surface area (Å²) in [5.74, 6) is 0.587. The summed E-state index contributed by atoms with van der Waals surface area (Å²) in [6, 6.07) is 0.362. The Hall–Kier alpha value is -2.06. The Morgan fingerprint density at radius 2 is 1.96 bits per heavy atom. The molecule has 0 saturated heterocycles. The highest BCUT2D eigenvalue weighted by atomic mass is 19.4. The van der Waals surface area contributed by atoms with Gasteiger partial charge in [-0.25, -0.2) is 9.50 Å². The van der Waals surface area contributed by atoms with Crippen LogP contribution in [-0.2, 0) is 7.05 Å². The van der Waals surface area contributed by atoms with Crippen molar-refractivity contribution in [1.82, 2.24) is 19.2 Å². The van der Waals surface area contributed by atoms with E-state index in [1.807, 2.05) is 0 Å². The van der Waals surface area contributed by atoms with Gasteiger partial charge in [0.1, 0.15) is 6.33 Å². The molecule has 0 N–H and O–H groups in total. The van der Waals surface area contributed by atoms with E-state index in [0.29, 0.717) is 24.1 Å². The molecule has 0 aromatic carbocycles. The minimum Gasteiger partial charge on any atom is -0.463 e. The molecule has 2 aromatic heterocycles. The number of alkyl halides is 3. The molecule has 0 aliphatic heterocycles. The van der Waals surface area contributed by atoms with Crippen molar-refractivity contribution in [2.75, 3.05) is 6.61 Å². The largest absolute Gasteiger partial charge is 0.463 e.